The van der Waals surface area contributed by atoms with Crippen LogP contribution >= 0.6 is 0 Å². The zero-order valence-electron chi connectivity index (χ0n) is 24.2. The molecule has 0 fully saturated rings. The molecule has 44 heavy (non-hydrogen) atoms. The summed E-state index contributed by atoms with van der Waals surface area (Å²) in [6, 6.07) is 17.8. The third-order valence-corrected chi connectivity index (χ3v) is 7.45. The Kier molecular flexibility index (Phi) is 7.71. The maximum atomic E-state index is 13.6. The van der Waals surface area contributed by atoms with Gasteiger partial charge in [0, 0.05) is 55.4 Å². The van der Waals surface area contributed by atoms with Crippen LogP contribution in [-0.2, 0) is 18.3 Å². The van der Waals surface area contributed by atoms with Gasteiger partial charge in [-0.05, 0) is 48.4 Å². The predicted octanol–water partition coefficient (Wildman–Crippen LogP) is 4.35. The minimum absolute atomic E-state index is 0.140. The van der Waals surface area contributed by atoms with Gasteiger partial charge in [-0.3, -0.25) is 24.3 Å². The molecule has 0 aliphatic carbocycles. The highest BCUT2D eigenvalue weighted by Crippen LogP contribution is 2.40. The van der Waals surface area contributed by atoms with Gasteiger partial charge in [-0.2, -0.15) is 0 Å². The van der Waals surface area contributed by atoms with E-state index >= 15 is 0 Å². The van der Waals surface area contributed by atoms with Crippen LogP contribution in [0.1, 0.15) is 39.4 Å². The first-order valence-corrected chi connectivity index (χ1v) is 14.1. The molecule has 3 amide bonds. The number of carbonyl (C=O) groups is 3. The van der Waals surface area contributed by atoms with Crippen LogP contribution in [0.15, 0.2) is 71.9 Å². The number of aliphatic imine (C=N–C) groups is 1. The number of aromatic nitrogens is 2. The van der Waals surface area contributed by atoms with Gasteiger partial charge in [0.25, 0.3) is 11.8 Å². The molecule has 2 aliphatic rings. The number of carbonyl (C=O) groups excluding carboxylic acids is 3. The van der Waals surface area contributed by atoms with Crippen molar-refractivity contribution in [1.29, 1.82) is 0 Å². The number of nitrogen functional groups attached to an aromatic ring is 1. The lowest BCUT2D eigenvalue weighted by atomic mass is 10.1. The first-order valence-electron chi connectivity index (χ1n) is 14.1. The molecule has 0 bridgehead atoms. The summed E-state index contributed by atoms with van der Waals surface area (Å²) in [6.07, 6.45) is 4.63. The summed E-state index contributed by atoms with van der Waals surface area (Å²) in [5.74, 6) is 0.399. The number of nitrogens with one attached hydrogen (secondary N) is 2. The molecule has 224 valence electrons. The lowest BCUT2D eigenvalue weighted by Crippen LogP contribution is -2.37. The topological polar surface area (TPSA) is 153 Å². The quantitative estimate of drug-likeness (QED) is 0.193. The SMILES string of the molecule is COc1cc2c(cc1OCCCC(=O)Nc1cn(C)c(C(=O)Nc3ccc(N)cc3)n1)N=C[C@@H]1Cc3ccccc3N1C2=O. The number of fused-ring (bicyclic) bond motifs is 4. The predicted molar refractivity (Wildman–Crippen MR) is 167 cm³/mol. The van der Waals surface area contributed by atoms with Crippen molar-refractivity contribution < 1.29 is 23.9 Å². The number of aryl methyl sites for hydroxylation is 1. The van der Waals surface area contributed by atoms with Crippen molar-refractivity contribution in [3.8, 4) is 11.5 Å². The van der Waals surface area contributed by atoms with E-state index in [1.807, 2.05) is 24.3 Å². The zero-order chi connectivity index (χ0) is 30.8. The first kappa shape index (κ1) is 28.5. The number of amides is 3. The Morgan fingerprint density at radius 3 is 2.66 bits per heavy atom. The second-order valence-corrected chi connectivity index (χ2v) is 10.5. The molecule has 4 N–H and O–H groups in total. The van der Waals surface area contributed by atoms with Crippen LogP contribution in [-0.4, -0.2) is 53.2 Å². The summed E-state index contributed by atoms with van der Waals surface area (Å²) in [7, 11) is 3.18. The van der Waals surface area contributed by atoms with E-state index in [0.29, 0.717) is 47.0 Å². The third-order valence-electron chi connectivity index (χ3n) is 7.45. The number of imidazole rings is 1. The molecule has 0 unspecified atom stereocenters. The third kappa shape index (κ3) is 5.69. The maximum Gasteiger partial charge on any atom is 0.291 e. The van der Waals surface area contributed by atoms with Crippen molar-refractivity contribution in [1.82, 2.24) is 9.55 Å². The van der Waals surface area contributed by atoms with Gasteiger partial charge in [0.05, 0.1) is 31.0 Å². The largest absolute Gasteiger partial charge is 0.493 e. The van der Waals surface area contributed by atoms with E-state index < -0.39 is 5.91 Å². The summed E-state index contributed by atoms with van der Waals surface area (Å²) in [4.78, 5) is 49.5. The second-order valence-electron chi connectivity index (χ2n) is 10.5. The van der Waals surface area contributed by atoms with Crippen molar-refractivity contribution in [3.63, 3.8) is 0 Å². The van der Waals surface area contributed by atoms with Crippen molar-refractivity contribution in [3.05, 3.63) is 83.8 Å². The van der Waals surface area contributed by atoms with Crippen molar-refractivity contribution in [2.24, 2.45) is 12.0 Å². The monoisotopic (exact) mass is 593 g/mol. The molecule has 6 rings (SSSR count). The lowest BCUT2D eigenvalue weighted by Gasteiger charge is -2.22. The van der Waals surface area contributed by atoms with Crippen LogP contribution in [0.4, 0.5) is 28.6 Å². The Labute approximate surface area is 253 Å². The van der Waals surface area contributed by atoms with Crippen molar-refractivity contribution in [2.45, 2.75) is 25.3 Å². The van der Waals surface area contributed by atoms with Crippen molar-refractivity contribution >= 4 is 52.5 Å². The summed E-state index contributed by atoms with van der Waals surface area (Å²) in [6.45, 7) is 0.222. The molecule has 0 radical (unpaired) electrons. The van der Waals surface area contributed by atoms with E-state index in [9.17, 15) is 14.4 Å². The van der Waals surface area contributed by atoms with E-state index in [1.165, 1.54) is 11.7 Å². The van der Waals surface area contributed by atoms with Crippen LogP contribution in [0.2, 0.25) is 0 Å². The van der Waals surface area contributed by atoms with Gasteiger partial charge in [-0.1, -0.05) is 18.2 Å². The highest BCUT2D eigenvalue weighted by molar-refractivity contribution is 6.14. The number of para-hydroxylation sites is 1. The number of nitrogens with two attached hydrogens (primary N) is 1. The molecule has 12 nitrogen and oxygen atoms in total. The van der Waals surface area contributed by atoms with Crippen LogP contribution < -0.4 is 30.7 Å². The number of methoxy groups -OCH3 is 1. The van der Waals surface area contributed by atoms with Gasteiger partial charge in [-0.15, -0.1) is 0 Å². The highest BCUT2D eigenvalue weighted by atomic mass is 16.5. The zero-order valence-corrected chi connectivity index (χ0v) is 24.2. The molecular formula is C32H31N7O5. The molecule has 2 aliphatic heterocycles. The molecule has 4 aromatic rings. The molecule has 1 aromatic heterocycles. The molecule has 0 saturated carbocycles. The standard InChI is InChI=1S/C32H31N7O5/c1-38-18-28(37-30(38)31(41)35-21-11-9-20(33)10-12-21)36-29(40)8-5-13-44-27-16-24-23(15-26(27)43-2)32(42)39-22(17-34-24)14-19-6-3-4-7-25(19)39/h3-4,6-7,9-12,15-18,22H,5,8,13-14,33H2,1-2H3,(H,35,41)(H,36,40)/t22-/m0/s1. The number of hydrogen-bond acceptors (Lipinski definition) is 8. The normalized spacial score (nSPS) is 14.7. The van der Waals surface area contributed by atoms with Crippen LogP contribution in [0.25, 0.3) is 0 Å². The average Bonchev–Trinajstić information content (AvgIpc) is 3.54. The van der Waals surface area contributed by atoms with Gasteiger partial charge < -0.3 is 30.4 Å². The van der Waals surface area contributed by atoms with Gasteiger partial charge in [0.1, 0.15) is 0 Å². The van der Waals surface area contributed by atoms with Crippen LogP contribution in [0, 0.1) is 0 Å². The lowest BCUT2D eigenvalue weighted by molar-refractivity contribution is -0.116. The fourth-order valence-electron chi connectivity index (χ4n) is 5.30. The number of benzene rings is 3. The van der Waals surface area contributed by atoms with E-state index in [2.05, 4.69) is 20.6 Å². The van der Waals surface area contributed by atoms with Crippen LogP contribution in [0.5, 0.6) is 11.5 Å². The molecule has 12 heteroatoms. The summed E-state index contributed by atoms with van der Waals surface area (Å²) in [5, 5.41) is 5.47. The van der Waals surface area contributed by atoms with Crippen molar-refractivity contribution in [2.75, 3.05) is 35.0 Å². The Hall–Kier alpha value is -5.65. The fourth-order valence-corrected chi connectivity index (χ4v) is 5.30. The molecule has 3 aromatic carbocycles. The Morgan fingerprint density at radius 2 is 1.86 bits per heavy atom. The number of hydrogen-bond donors (Lipinski definition) is 3. The Bertz CT molecular complexity index is 1780. The summed E-state index contributed by atoms with van der Waals surface area (Å²) in [5.41, 5.74) is 9.79. The molecule has 1 atom stereocenters. The van der Waals surface area contributed by atoms with Gasteiger partial charge in [0.15, 0.2) is 17.3 Å². The van der Waals surface area contributed by atoms with E-state index in [0.717, 1.165) is 11.3 Å². The fraction of sp³-hybridized carbons (Fsp3) is 0.219. The smallest absolute Gasteiger partial charge is 0.291 e. The van der Waals surface area contributed by atoms with E-state index in [4.69, 9.17) is 15.2 Å². The number of nitrogens with zero attached hydrogens (tertiary/aromatic N) is 4. The highest BCUT2D eigenvalue weighted by Gasteiger charge is 2.36. The number of anilines is 4. The Morgan fingerprint density at radius 1 is 1.07 bits per heavy atom. The summed E-state index contributed by atoms with van der Waals surface area (Å²) < 4.78 is 13.0. The second kappa shape index (κ2) is 11.9. The Balaban J connectivity index is 1.04. The van der Waals surface area contributed by atoms with E-state index in [-0.39, 0.29) is 42.5 Å². The average molecular weight is 594 g/mol. The molecule has 0 spiro atoms. The van der Waals surface area contributed by atoms with Gasteiger partial charge >= 0.3 is 0 Å². The number of ether oxygens (including phenoxy) is 2. The number of rotatable bonds is 9. The maximum absolute atomic E-state index is 13.6. The molecule has 0 saturated heterocycles. The first-order chi connectivity index (χ1) is 21.3. The van der Waals surface area contributed by atoms with Crippen LogP contribution in [0.3, 0.4) is 0 Å². The minimum atomic E-state index is -0.419. The van der Waals surface area contributed by atoms with Gasteiger partial charge in [-0.25, -0.2) is 4.98 Å². The minimum Gasteiger partial charge on any atom is -0.493 e. The molecular weight excluding hydrogens is 562 g/mol. The van der Waals surface area contributed by atoms with E-state index in [1.54, 1.807) is 60.8 Å². The summed E-state index contributed by atoms with van der Waals surface area (Å²) >= 11 is 0. The van der Waals surface area contributed by atoms with Gasteiger partial charge in [0.2, 0.25) is 11.7 Å². The molecule has 3 heterocycles.